The standard InChI is InChI=1S/C21H24F3NO2/c1-3-5-6-11-26-19-12-14(4-2)7-9-16(19)20-25-17-13-15(21(22,23)24)8-10-18(17)27-20/h8-10,12-14H,3-7,11H2,1-2H3. The molecule has 0 saturated carbocycles. The summed E-state index contributed by atoms with van der Waals surface area (Å²) in [4.78, 5) is 4.30. The molecule has 0 N–H and O–H groups in total. The Kier molecular flexibility index (Phi) is 5.92. The van der Waals surface area contributed by atoms with Crippen LogP contribution < -0.4 is 0 Å². The second-order valence-corrected chi connectivity index (χ2v) is 6.81. The highest BCUT2D eigenvalue weighted by molar-refractivity contribution is 5.80. The number of alkyl halides is 3. The van der Waals surface area contributed by atoms with Crippen LogP contribution in [0, 0.1) is 5.92 Å². The number of ether oxygens (including phenoxy) is 1. The van der Waals surface area contributed by atoms with Gasteiger partial charge >= 0.3 is 6.18 Å². The van der Waals surface area contributed by atoms with E-state index in [0.29, 0.717) is 29.8 Å². The molecule has 1 unspecified atom stereocenters. The second-order valence-electron chi connectivity index (χ2n) is 6.81. The molecule has 27 heavy (non-hydrogen) atoms. The lowest BCUT2D eigenvalue weighted by atomic mass is 9.93. The van der Waals surface area contributed by atoms with Gasteiger partial charge in [-0.25, -0.2) is 4.98 Å². The molecule has 0 aliphatic heterocycles. The van der Waals surface area contributed by atoms with Crippen molar-refractivity contribution in [3.05, 3.63) is 47.6 Å². The number of unbranched alkanes of at least 4 members (excludes halogenated alkanes) is 2. The largest absolute Gasteiger partial charge is 0.493 e. The molecule has 0 spiro atoms. The van der Waals surface area contributed by atoms with E-state index in [1.54, 1.807) is 0 Å². The highest BCUT2D eigenvalue weighted by Crippen LogP contribution is 2.36. The number of hydrogen-bond acceptors (Lipinski definition) is 3. The van der Waals surface area contributed by atoms with E-state index >= 15 is 0 Å². The van der Waals surface area contributed by atoms with Crippen molar-refractivity contribution in [1.82, 2.24) is 4.98 Å². The Morgan fingerprint density at radius 3 is 2.74 bits per heavy atom. The number of benzene rings is 1. The van der Waals surface area contributed by atoms with Gasteiger partial charge in [0.15, 0.2) is 5.58 Å². The number of allylic oxidation sites excluding steroid dienone is 3. The summed E-state index contributed by atoms with van der Waals surface area (Å²) in [6.07, 6.45) is 4.67. The van der Waals surface area contributed by atoms with Crippen molar-refractivity contribution in [2.24, 2.45) is 5.92 Å². The minimum absolute atomic E-state index is 0.198. The Balaban J connectivity index is 1.88. The summed E-state index contributed by atoms with van der Waals surface area (Å²) in [5, 5.41) is 0. The van der Waals surface area contributed by atoms with E-state index in [9.17, 15) is 13.2 Å². The molecule has 1 aliphatic carbocycles. The minimum atomic E-state index is -4.40. The Labute approximate surface area is 156 Å². The molecule has 1 aromatic carbocycles. The summed E-state index contributed by atoms with van der Waals surface area (Å²) in [6.45, 7) is 4.85. The monoisotopic (exact) mass is 379 g/mol. The topological polar surface area (TPSA) is 35.3 Å². The smallest absolute Gasteiger partial charge is 0.416 e. The first-order valence-corrected chi connectivity index (χ1v) is 9.45. The van der Waals surface area contributed by atoms with Crippen LogP contribution >= 0.6 is 0 Å². The number of fused-ring (bicyclic) bond motifs is 1. The van der Waals surface area contributed by atoms with Crippen molar-refractivity contribution < 1.29 is 22.3 Å². The summed E-state index contributed by atoms with van der Waals surface area (Å²) in [5.41, 5.74) is 0.525. The summed E-state index contributed by atoms with van der Waals surface area (Å²) in [6, 6.07) is 3.35. The van der Waals surface area contributed by atoms with Crippen molar-refractivity contribution in [3.8, 4) is 0 Å². The van der Waals surface area contributed by atoms with Gasteiger partial charge in [-0.3, -0.25) is 0 Å². The molecule has 0 saturated heterocycles. The molecule has 2 aromatic rings. The average Bonchev–Trinajstić information content (AvgIpc) is 3.07. The zero-order valence-electron chi connectivity index (χ0n) is 15.6. The third kappa shape index (κ3) is 4.54. The lowest BCUT2D eigenvalue weighted by molar-refractivity contribution is -0.137. The third-order valence-corrected chi connectivity index (χ3v) is 4.75. The molecule has 6 heteroatoms. The fourth-order valence-electron chi connectivity index (χ4n) is 3.10. The second kappa shape index (κ2) is 8.19. The number of oxazole rings is 1. The Hall–Kier alpha value is -2.24. The Bertz CT molecular complexity index is 849. The van der Waals surface area contributed by atoms with Gasteiger partial charge in [0, 0.05) is 0 Å². The average molecular weight is 379 g/mol. The summed E-state index contributed by atoms with van der Waals surface area (Å²) in [5.74, 6) is 1.41. The molecule has 1 atom stereocenters. The Morgan fingerprint density at radius 1 is 1.22 bits per heavy atom. The molecule has 0 bridgehead atoms. The Morgan fingerprint density at radius 2 is 2.04 bits per heavy atom. The van der Waals surface area contributed by atoms with E-state index in [2.05, 4.69) is 24.9 Å². The lowest BCUT2D eigenvalue weighted by Crippen LogP contribution is -2.07. The summed E-state index contributed by atoms with van der Waals surface area (Å²) < 4.78 is 50.5. The van der Waals surface area contributed by atoms with Crippen molar-refractivity contribution >= 4 is 16.7 Å². The number of hydrogen-bond donors (Lipinski definition) is 0. The predicted octanol–water partition coefficient (Wildman–Crippen LogP) is 6.75. The molecule has 1 heterocycles. The van der Waals surface area contributed by atoms with Crippen LogP contribution in [-0.4, -0.2) is 11.6 Å². The molecular formula is C21H24F3NO2. The van der Waals surface area contributed by atoms with Gasteiger partial charge in [-0.2, -0.15) is 13.2 Å². The first-order chi connectivity index (χ1) is 12.9. The summed E-state index contributed by atoms with van der Waals surface area (Å²) in [7, 11) is 0. The molecule has 1 aliphatic rings. The van der Waals surface area contributed by atoms with E-state index in [-0.39, 0.29) is 5.52 Å². The fraction of sp³-hybridized carbons (Fsp3) is 0.476. The van der Waals surface area contributed by atoms with Crippen molar-refractivity contribution in [2.75, 3.05) is 6.61 Å². The maximum Gasteiger partial charge on any atom is 0.416 e. The highest BCUT2D eigenvalue weighted by Gasteiger charge is 2.31. The van der Waals surface area contributed by atoms with Crippen LogP contribution in [0.4, 0.5) is 13.2 Å². The minimum Gasteiger partial charge on any atom is -0.493 e. The van der Waals surface area contributed by atoms with Gasteiger partial charge in [-0.05, 0) is 49.5 Å². The van der Waals surface area contributed by atoms with E-state index in [1.165, 1.54) is 6.07 Å². The fourth-order valence-corrected chi connectivity index (χ4v) is 3.10. The number of rotatable bonds is 7. The predicted molar refractivity (Wildman–Crippen MR) is 98.9 cm³/mol. The SMILES string of the molecule is CCCCCOC1=CC(CC)CC=C1c1nc2cc(C(F)(F)F)ccc2o1. The van der Waals surface area contributed by atoms with Crippen LogP contribution in [-0.2, 0) is 10.9 Å². The van der Waals surface area contributed by atoms with Gasteiger partial charge in [-0.1, -0.05) is 32.8 Å². The maximum atomic E-state index is 12.9. The molecular weight excluding hydrogens is 355 g/mol. The van der Waals surface area contributed by atoms with E-state index in [1.807, 2.05) is 6.08 Å². The zero-order valence-corrected chi connectivity index (χ0v) is 15.6. The van der Waals surface area contributed by atoms with Crippen LogP contribution in [0.25, 0.3) is 16.7 Å². The van der Waals surface area contributed by atoms with Gasteiger partial charge in [0.2, 0.25) is 5.89 Å². The molecule has 0 fully saturated rings. The number of aromatic nitrogens is 1. The van der Waals surface area contributed by atoms with Crippen LogP contribution in [0.2, 0.25) is 0 Å². The first kappa shape index (κ1) is 19.5. The van der Waals surface area contributed by atoms with Crippen LogP contribution in [0.5, 0.6) is 0 Å². The normalized spacial score (nSPS) is 17.7. The molecule has 3 nitrogen and oxygen atoms in total. The van der Waals surface area contributed by atoms with Crippen LogP contribution in [0.1, 0.15) is 57.4 Å². The molecule has 146 valence electrons. The lowest BCUT2D eigenvalue weighted by Gasteiger charge is -2.20. The zero-order chi connectivity index (χ0) is 19.4. The van der Waals surface area contributed by atoms with E-state index in [4.69, 9.17) is 9.15 Å². The highest BCUT2D eigenvalue weighted by atomic mass is 19.4. The number of halogens is 3. The van der Waals surface area contributed by atoms with Crippen molar-refractivity contribution in [3.63, 3.8) is 0 Å². The van der Waals surface area contributed by atoms with Crippen molar-refractivity contribution in [1.29, 1.82) is 0 Å². The first-order valence-electron chi connectivity index (χ1n) is 9.45. The van der Waals surface area contributed by atoms with Crippen LogP contribution in [0.15, 0.2) is 40.5 Å². The van der Waals surface area contributed by atoms with Gasteiger partial charge in [0.05, 0.1) is 17.7 Å². The van der Waals surface area contributed by atoms with E-state index in [0.717, 1.165) is 49.8 Å². The molecule has 0 amide bonds. The third-order valence-electron chi connectivity index (χ3n) is 4.75. The number of nitrogens with zero attached hydrogens (tertiary/aromatic N) is 1. The molecule has 3 rings (SSSR count). The quantitative estimate of drug-likeness (QED) is 0.499. The van der Waals surface area contributed by atoms with Gasteiger partial charge in [0.25, 0.3) is 0 Å². The molecule has 0 radical (unpaired) electrons. The maximum absolute atomic E-state index is 12.9. The summed E-state index contributed by atoms with van der Waals surface area (Å²) >= 11 is 0. The van der Waals surface area contributed by atoms with E-state index < -0.39 is 11.7 Å². The van der Waals surface area contributed by atoms with Crippen LogP contribution in [0.3, 0.4) is 0 Å². The van der Waals surface area contributed by atoms with Crippen molar-refractivity contribution in [2.45, 2.75) is 52.1 Å². The van der Waals surface area contributed by atoms with Gasteiger partial charge in [0.1, 0.15) is 11.3 Å². The van der Waals surface area contributed by atoms with Gasteiger partial charge in [-0.15, -0.1) is 0 Å². The molecule has 1 aromatic heterocycles. The van der Waals surface area contributed by atoms with Gasteiger partial charge < -0.3 is 9.15 Å².